The van der Waals surface area contributed by atoms with E-state index in [1.165, 1.54) is 12.1 Å². The maximum Gasteiger partial charge on any atom is 0.338 e. The molecular formula is C21H25N3O4S. The minimum Gasteiger partial charge on any atom is -0.454 e. The first-order chi connectivity index (χ1) is 13.7. The summed E-state index contributed by atoms with van der Waals surface area (Å²) >= 11 is 0. The van der Waals surface area contributed by atoms with Crippen LogP contribution in [-0.4, -0.2) is 23.9 Å². The van der Waals surface area contributed by atoms with Crippen molar-refractivity contribution in [3.05, 3.63) is 58.9 Å². The molecular weight excluding hydrogens is 390 g/mol. The summed E-state index contributed by atoms with van der Waals surface area (Å²) in [5.74, 6) is 0.157. The minimum atomic E-state index is -3.82. The van der Waals surface area contributed by atoms with Crippen molar-refractivity contribution in [3.8, 4) is 0 Å². The zero-order valence-corrected chi connectivity index (χ0v) is 17.6. The number of aromatic nitrogens is 2. The Balaban J connectivity index is 1.92. The van der Waals surface area contributed by atoms with Crippen molar-refractivity contribution in [2.45, 2.75) is 51.7 Å². The second kappa shape index (κ2) is 8.34. The SMILES string of the molecule is CCCCn1c(COC(=O)c2cc(C)ccc2C)nc2cc(S(N)(=O)=O)ccc21. The van der Waals surface area contributed by atoms with Crippen LogP contribution in [0.15, 0.2) is 41.3 Å². The number of imidazole rings is 1. The van der Waals surface area contributed by atoms with E-state index >= 15 is 0 Å². The molecule has 7 nitrogen and oxygen atoms in total. The summed E-state index contributed by atoms with van der Waals surface area (Å²) in [7, 11) is -3.82. The zero-order valence-electron chi connectivity index (χ0n) is 16.8. The Kier molecular flexibility index (Phi) is 6.04. The van der Waals surface area contributed by atoms with Crippen molar-refractivity contribution in [1.82, 2.24) is 9.55 Å². The number of hydrogen-bond acceptors (Lipinski definition) is 5. The Morgan fingerprint density at radius 2 is 1.93 bits per heavy atom. The molecule has 1 aromatic heterocycles. The van der Waals surface area contributed by atoms with Crippen molar-refractivity contribution >= 4 is 27.0 Å². The monoisotopic (exact) mass is 415 g/mol. The molecule has 3 aromatic rings. The zero-order chi connectivity index (χ0) is 21.2. The highest BCUT2D eigenvalue weighted by molar-refractivity contribution is 7.89. The Morgan fingerprint density at radius 3 is 2.62 bits per heavy atom. The second-order valence-electron chi connectivity index (χ2n) is 7.12. The third-order valence-electron chi connectivity index (χ3n) is 4.81. The maximum atomic E-state index is 12.6. The number of rotatable bonds is 7. The number of unbranched alkanes of at least 4 members (excludes halogenated alkanes) is 1. The molecule has 0 fully saturated rings. The molecule has 0 spiro atoms. The number of hydrogen-bond donors (Lipinski definition) is 1. The van der Waals surface area contributed by atoms with Crippen LogP contribution in [0.2, 0.25) is 0 Å². The van der Waals surface area contributed by atoms with Crippen LogP contribution in [0.3, 0.4) is 0 Å². The van der Waals surface area contributed by atoms with Gasteiger partial charge in [-0.05, 0) is 50.1 Å². The summed E-state index contributed by atoms with van der Waals surface area (Å²) in [5.41, 5.74) is 3.64. The van der Waals surface area contributed by atoms with Crippen LogP contribution in [0.4, 0.5) is 0 Å². The fourth-order valence-corrected chi connectivity index (χ4v) is 3.71. The van der Waals surface area contributed by atoms with Gasteiger partial charge in [-0.15, -0.1) is 0 Å². The van der Waals surface area contributed by atoms with E-state index in [4.69, 9.17) is 9.88 Å². The number of fused-ring (bicyclic) bond motifs is 1. The van der Waals surface area contributed by atoms with Crippen LogP contribution in [0, 0.1) is 13.8 Å². The lowest BCUT2D eigenvalue weighted by Gasteiger charge is -2.10. The molecule has 0 aliphatic rings. The number of ether oxygens (including phenoxy) is 1. The molecule has 0 amide bonds. The van der Waals surface area contributed by atoms with Crippen LogP contribution >= 0.6 is 0 Å². The lowest BCUT2D eigenvalue weighted by molar-refractivity contribution is 0.0457. The van der Waals surface area contributed by atoms with E-state index in [0.29, 0.717) is 23.4 Å². The molecule has 2 N–H and O–H groups in total. The summed E-state index contributed by atoms with van der Waals surface area (Å²) in [4.78, 5) is 17.1. The lowest BCUT2D eigenvalue weighted by atomic mass is 10.1. The second-order valence-corrected chi connectivity index (χ2v) is 8.68. The topological polar surface area (TPSA) is 104 Å². The van der Waals surface area contributed by atoms with Gasteiger partial charge in [0.2, 0.25) is 10.0 Å². The largest absolute Gasteiger partial charge is 0.454 e. The van der Waals surface area contributed by atoms with Gasteiger partial charge < -0.3 is 9.30 Å². The molecule has 0 saturated heterocycles. The van der Waals surface area contributed by atoms with Crippen LogP contribution < -0.4 is 5.14 Å². The summed E-state index contributed by atoms with van der Waals surface area (Å²) in [6.45, 7) is 6.55. The Labute approximate surface area is 170 Å². The molecule has 8 heteroatoms. The van der Waals surface area contributed by atoms with Crippen molar-refractivity contribution in [1.29, 1.82) is 0 Å². The van der Waals surface area contributed by atoms with Gasteiger partial charge in [0.15, 0.2) is 0 Å². The van der Waals surface area contributed by atoms with Gasteiger partial charge >= 0.3 is 5.97 Å². The summed E-state index contributed by atoms with van der Waals surface area (Å²) < 4.78 is 30.8. The quantitative estimate of drug-likeness (QED) is 0.595. The van der Waals surface area contributed by atoms with Gasteiger partial charge in [0, 0.05) is 6.54 Å². The maximum absolute atomic E-state index is 12.6. The highest BCUT2D eigenvalue weighted by Gasteiger charge is 2.17. The smallest absolute Gasteiger partial charge is 0.338 e. The van der Waals surface area contributed by atoms with E-state index < -0.39 is 16.0 Å². The first-order valence-corrected chi connectivity index (χ1v) is 11.0. The molecule has 3 rings (SSSR count). The average Bonchev–Trinajstić information content (AvgIpc) is 3.02. The van der Waals surface area contributed by atoms with Gasteiger partial charge in [0.1, 0.15) is 12.4 Å². The van der Waals surface area contributed by atoms with Crippen molar-refractivity contribution < 1.29 is 17.9 Å². The van der Waals surface area contributed by atoms with E-state index in [1.807, 2.05) is 30.5 Å². The number of primary sulfonamides is 1. The number of carbonyl (C=O) groups excluding carboxylic acids is 1. The molecule has 0 radical (unpaired) electrons. The Morgan fingerprint density at radius 1 is 1.17 bits per heavy atom. The third kappa shape index (κ3) is 4.65. The van der Waals surface area contributed by atoms with Gasteiger partial charge in [-0.25, -0.2) is 23.3 Å². The van der Waals surface area contributed by atoms with Gasteiger partial charge in [-0.1, -0.05) is 31.0 Å². The van der Waals surface area contributed by atoms with Crippen molar-refractivity contribution in [2.24, 2.45) is 5.14 Å². The summed E-state index contributed by atoms with van der Waals surface area (Å²) in [5, 5.41) is 5.23. The molecule has 0 unspecified atom stereocenters. The molecule has 0 aliphatic heterocycles. The number of sulfonamides is 1. The fourth-order valence-electron chi connectivity index (χ4n) is 3.18. The van der Waals surface area contributed by atoms with Gasteiger partial charge in [0.05, 0.1) is 21.5 Å². The Hall–Kier alpha value is -2.71. The molecule has 29 heavy (non-hydrogen) atoms. The minimum absolute atomic E-state index is 0.00377. The first-order valence-electron chi connectivity index (χ1n) is 9.47. The van der Waals surface area contributed by atoms with E-state index in [9.17, 15) is 13.2 Å². The number of esters is 1. The molecule has 0 saturated carbocycles. The third-order valence-corrected chi connectivity index (χ3v) is 5.72. The van der Waals surface area contributed by atoms with Gasteiger partial charge in [-0.2, -0.15) is 0 Å². The number of aryl methyl sites for hydroxylation is 3. The van der Waals surface area contributed by atoms with Crippen molar-refractivity contribution in [3.63, 3.8) is 0 Å². The molecule has 0 atom stereocenters. The van der Waals surface area contributed by atoms with Crippen LogP contribution in [0.1, 0.15) is 47.1 Å². The molecule has 154 valence electrons. The predicted octanol–water partition coefficient (Wildman–Crippen LogP) is 3.46. The average molecular weight is 416 g/mol. The molecule has 2 aromatic carbocycles. The first kappa shape index (κ1) is 21.0. The van der Waals surface area contributed by atoms with Crippen molar-refractivity contribution in [2.75, 3.05) is 0 Å². The molecule has 0 aliphatic carbocycles. The van der Waals surface area contributed by atoms with Crippen LogP contribution in [0.5, 0.6) is 0 Å². The Bertz CT molecular complexity index is 1170. The normalized spacial score (nSPS) is 11.7. The van der Waals surface area contributed by atoms with E-state index in [2.05, 4.69) is 11.9 Å². The highest BCUT2D eigenvalue weighted by atomic mass is 32.2. The highest BCUT2D eigenvalue weighted by Crippen LogP contribution is 2.22. The van der Waals surface area contributed by atoms with E-state index in [0.717, 1.165) is 29.5 Å². The fraction of sp³-hybridized carbons (Fsp3) is 0.333. The lowest BCUT2D eigenvalue weighted by Crippen LogP contribution is -2.12. The number of carbonyl (C=O) groups is 1. The predicted molar refractivity (Wildman–Crippen MR) is 111 cm³/mol. The number of nitrogens with zero attached hydrogens (tertiary/aromatic N) is 2. The van der Waals surface area contributed by atoms with Gasteiger partial charge in [0.25, 0.3) is 0 Å². The molecule has 0 bridgehead atoms. The van der Waals surface area contributed by atoms with E-state index in [1.54, 1.807) is 12.1 Å². The molecule has 1 heterocycles. The number of benzene rings is 2. The standard InChI is InChI=1S/C21H25N3O4S/c1-4-5-10-24-19-9-8-16(29(22,26)27)12-18(19)23-20(24)13-28-21(25)17-11-14(2)6-7-15(17)3/h6-9,11-12H,4-5,10,13H2,1-3H3,(H2,22,26,27). The van der Waals surface area contributed by atoms with Crippen LogP contribution in [0.25, 0.3) is 11.0 Å². The van der Waals surface area contributed by atoms with Gasteiger partial charge in [-0.3, -0.25) is 0 Å². The van der Waals surface area contributed by atoms with Crippen LogP contribution in [-0.2, 0) is 27.9 Å². The summed E-state index contributed by atoms with van der Waals surface area (Å²) in [6, 6.07) is 10.2. The van der Waals surface area contributed by atoms with E-state index in [-0.39, 0.29) is 11.5 Å². The number of nitrogens with two attached hydrogens (primary N) is 1. The summed E-state index contributed by atoms with van der Waals surface area (Å²) in [6.07, 6.45) is 1.90.